The summed E-state index contributed by atoms with van der Waals surface area (Å²) in [5.41, 5.74) is 15.8. The Kier molecular flexibility index (Phi) is 6.25. The van der Waals surface area contributed by atoms with E-state index >= 15 is 0 Å². The summed E-state index contributed by atoms with van der Waals surface area (Å²) in [6, 6.07) is 14.2. The summed E-state index contributed by atoms with van der Waals surface area (Å²) in [6.07, 6.45) is 2.92. The molecule has 40 heavy (non-hydrogen) atoms. The van der Waals surface area contributed by atoms with Crippen molar-refractivity contribution < 1.29 is 10.0 Å². The molecule has 1 saturated heterocycles. The molecule has 1 atom stereocenters. The van der Waals surface area contributed by atoms with Gasteiger partial charge in [-0.05, 0) is 54.5 Å². The van der Waals surface area contributed by atoms with E-state index < -0.39 is 5.91 Å². The maximum Gasteiger partial charge on any atom is 0.274 e. The first-order valence-corrected chi connectivity index (χ1v) is 13.0. The second kappa shape index (κ2) is 9.78. The number of fused-ring (bicyclic) bond motifs is 1. The third-order valence-corrected chi connectivity index (χ3v) is 7.86. The van der Waals surface area contributed by atoms with Gasteiger partial charge in [-0.15, -0.1) is 0 Å². The number of aromatic nitrogens is 4. The number of benzene rings is 2. The van der Waals surface area contributed by atoms with Crippen molar-refractivity contribution in [3.8, 4) is 6.07 Å². The van der Waals surface area contributed by atoms with Crippen LogP contribution in [0.4, 0.5) is 23.4 Å². The molecule has 3 heterocycles. The lowest BCUT2D eigenvalue weighted by Gasteiger charge is -2.26. The Bertz CT molecular complexity index is 1680. The van der Waals surface area contributed by atoms with Crippen molar-refractivity contribution >= 4 is 51.8 Å². The Morgan fingerprint density at radius 1 is 1.15 bits per heavy atom. The number of hydrogen-bond acceptors (Lipinski definition) is 11. The highest BCUT2D eigenvalue weighted by Gasteiger charge is 2.54. The number of halogens is 1. The number of carbonyl (C=O) groups excluding carboxylic acids is 1. The molecular formula is C27H25ClN10O2. The van der Waals surface area contributed by atoms with Crippen LogP contribution in [-0.4, -0.2) is 37.6 Å². The number of nitrogens with zero attached hydrogens (tertiary/aromatic N) is 6. The molecule has 2 aromatic heterocycles. The highest BCUT2D eigenvalue weighted by atomic mass is 35.5. The van der Waals surface area contributed by atoms with Crippen LogP contribution in [0.15, 0.2) is 42.5 Å². The van der Waals surface area contributed by atoms with Gasteiger partial charge in [0, 0.05) is 18.7 Å². The Labute approximate surface area is 234 Å². The molecular weight excluding hydrogens is 532 g/mol. The van der Waals surface area contributed by atoms with Crippen molar-refractivity contribution in [2.24, 2.45) is 5.41 Å². The fourth-order valence-corrected chi connectivity index (χ4v) is 5.57. The number of hydrogen-bond donors (Lipinski definition) is 5. The van der Waals surface area contributed by atoms with Gasteiger partial charge in [0.1, 0.15) is 23.3 Å². The molecule has 0 radical (unpaired) electrons. The fraction of sp³-hybridized carbons (Fsp3) is 0.259. The van der Waals surface area contributed by atoms with E-state index in [2.05, 4.69) is 21.4 Å². The van der Waals surface area contributed by atoms with E-state index in [1.807, 2.05) is 17.0 Å². The molecule has 1 saturated carbocycles. The second-order valence-electron chi connectivity index (χ2n) is 10.2. The minimum absolute atomic E-state index is 0.00180. The minimum atomic E-state index is -0.584. The van der Waals surface area contributed by atoms with Gasteiger partial charge in [-0.25, -0.2) is 15.4 Å². The van der Waals surface area contributed by atoms with Crippen molar-refractivity contribution in [1.82, 2.24) is 25.4 Å². The van der Waals surface area contributed by atoms with Crippen molar-refractivity contribution in [3.63, 3.8) is 0 Å². The summed E-state index contributed by atoms with van der Waals surface area (Å²) in [7, 11) is 0. The number of anilines is 4. The number of nitrogen functional groups attached to an aromatic ring is 2. The molecule has 12 nitrogen and oxygen atoms in total. The first-order valence-electron chi connectivity index (χ1n) is 12.6. The van der Waals surface area contributed by atoms with Crippen LogP contribution in [0.5, 0.6) is 0 Å². The lowest BCUT2D eigenvalue weighted by atomic mass is 10.0. The molecule has 2 aromatic carbocycles. The second-order valence-corrected chi connectivity index (χ2v) is 10.6. The number of hydroxylamine groups is 1. The quantitative estimate of drug-likeness (QED) is 0.172. The predicted octanol–water partition coefficient (Wildman–Crippen LogP) is 3.57. The van der Waals surface area contributed by atoms with Crippen LogP contribution in [0.2, 0.25) is 5.02 Å². The standard InChI is InChI=1S/C27H25ClN10O2/c28-17-2-1-3-18-20(17)23(32-12-14-4-6-15(7-5-14)25(39)37-40)35-22(33-18)19-10-27(8-9-27)13-38(19)24-16(11-29)21(30)34-26(31)36-24/h1-7,19,40H,8-10,12-13H2,(H,37,39)(H,32,33,35)(H4,30,31,34,36)/t19-/m0/s1. The van der Waals surface area contributed by atoms with Crippen molar-refractivity contribution in [3.05, 3.63) is 70.0 Å². The van der Waals surface area contributed by atoms with Gasteiger partial charge in [0.2, 0.25) is 5.95 Å². The van der Waals surface area contributed by atoms with Crippen LogP contribution in [0.25, 0.3) is 10.9 Å². The maximum absolute atomic E-state index is 11.7. The molecule has 7 N–H and O–H groups in total. The van der Waals surface area contributed by atoms with E-state index in [1.165, 1.54) is 0 Å². The summed E-state index contributed by atoms with van der Waals surface area (Å²) in [5.74, 6) is 0.962. The molecule has 1 aliphatic carbocycles. The molecule has 0 unspecified atom stereocenters. The average Bonchev–Trinajstić information content (AvgIpc) is 3.60. The molecule has 1 amide bonds. The van der Waals surface area contributed by atoms with E-state index in [4.69, 9.17) is 38.2 Å². The van der Waals surface area contributed by atoms with Gasteiger partial charge in [0.25, 0.3) is 5.91 Å². The predicted molar refractivity (Wildman–Crippen MR) is 150 cm³/mol. The zero-order valence-electron chi connectivity index (χ0n) is 21.2. The molecule has 2 aliphatic rings. The highest BCUT2D eigenvalue weighted by Crippen LogP contribution is 2.59. The van der Waals surface area contributed by atoms with Gasteiger partial charge in [0.15, 0.2) is 11.6 Å². The Hall–Kier alpha value is -4.73. The summed E-state index contributed by atoms with van der Waals surface area (Å²) < 4.78 is 0. The van der Waals surface area contributed by atoms with Gasteiger partial charge >= 0.3 is 0 Å². The third kappa shape index (κ3) is 4.55. The third-order valence-electron chi connectivity index (χ3n) is 7.55. The Balaban J connectivity index is 1.39. The van der Waals surface area contributed by atoms with Crippen molar-refractivity contribution in [2.45, 2.75) is 31.8 Å². The maximum atomic E-state index is 11.7. The SMILES string of the molecule is N#Cc1c(N)nc(N)nc1N1CC2(CC2)C[C@H]1c1nc(NCc2ccc(C(=O)NO)cc2)c2c(Cl)cccc2n1. The molecule has 6 rings (SSSR count). The largest absolute Gasteiger partial charge is 0.382 e. The number of nitrogens with two attached hydrogens (primary N) is 2. The smallest absolute Gasteiger partial charge is 0.274 e. The summed E-state index contributed by atoms with van der Waals surface area (Å²) >= 11 is 6.60. The normalized spacial score (nSPS) is 17.1. The van der Waals surface area contributed by atoms with Gasteiger partial charge in [-0.3, -0.25) is 10.0 Å². The van der Waals surface area contributed by atoms with Crippen LogP contribution >= 0.6 is 11.6 Å². The van der Waals surface area contributed by atoms with Crippen LogP contribution in [-0.2, 0) is 6.54 Å². The minimum Gasteiger partial charge on any atom is -0.382 e. The first kappa shape index (κ1) is 25.5. The highest BCUT2D eigenvalue weighted by molar-refractivity contribution is 6.36. The van der Waals surface area contributed by atoms with Crippen LogP contribution in [0.1, 0.15) is 52.6 Å². The monoisotopic (exact) mass is 556 g/mol. The van der Waals surface area contributed by atoms with E-state index in [-0.39, 0.29) is 28.8 Å². The van der Waals surface area contributed by atoms with Gasteiger partial charge in [-0.1, -0.05) is 29.8 Å². The Morgan fingerprint density at radius 3 is 2.62 bits per heavy atom. The van der Waals surface area contributed by atoms with E-state index in [9.17, 15) is 10.1 Å². The molecule has 1 spiro atoms. The number of rotatable bonds is 6. The van der Waals surface area contributed by atoms with Crippen LogP contribution in [0, 0.1) is 16.7 Å². The van der Waals surface area contributed by atoms with Crippen molar-refractivity contribution in [1.29, 1.82) is 5.26 Å². The summed E-state index contributed by atoms with van der Waals surface area (Å²) in [5, 5.41) is 23.3. The first-order chi connectivity index (χ1) is 19.3. The topological polar surface area (TPSA) is 192 Å². The Morgan fingerprint density at radius 2 is 1.93 bits per heavy atom. The van der Waals surface area contributed by atoms with Crippen molar-refractivity contribution in [2.75, 3.05) is 28.2 Å². The fourth-order valence-electron chi connectivity index (χ4n) is 5.31. The van der Waals surface area contributed by atoms with Gasteiger partial charge in [0.05, 0.1) is 22.0 Å². The van der Waals surface area contributed by atoms with Gasteiger partial charge < -0.3 is 21.7 Å². The molecule has 13 heteroatoms. The van der Waals surface area contributed by atoms with E-state index in [1.54, 1.807) is 35.8 Å². The van der Waals surface area contributed by atoms with Crippen LogP contribution in [0.3, 0.4) is 0 Å². The summed E-state index contributed by atoms with van der Waals surface area (Å²) in [4.78, 5) is 31.9. The summed E-state index contributed by atoms with van der Waals surface area (Å²) in [6.45, 7) is 1.07. The number of nitriles is 1. The number of carbonyl (C=O) groups is 1. The van der Waals surface area contributed by atoms with Gasteiger partial charge in [-0.2, -0.15) is 15.2 Å². The lowest BCUT2D eigenvalue weighted by molar-refractivity contribution is 0.0706. The molecule has 0 bridgehead atoms. The number of nitrogens with one attached hydrogen (secondary N) is 2. The average molecular weight is 557 g/mol. The van der Waals surface area contributed by atoms with E-state index in [0.29, 0.717) is 52.0 Å². The number of amides is 1. The van der Waals surface area contributed by atoms with E-state index in [0.717, 1.165) is 24.8 Å². The molecule has 202 valence electrons. The zero-order chi connectivity index (χ0) is 28.0. The lowest BCUT2D eigenvalue weighted by Crippen LogP contribution is -2.28. The molecule has 1 aliphatic heterocycles. The molecule has 2 fully saturated rings. The zero-order valence-corrected chi connectivity index (χ0v) is 22.0. The molecule has 4 aromatic rings. The van der Waals surface area contributed by atoms with Crippen LogP contribution < -0.4 is 27.2 Å².